The van der Waals surface area contributed by atoms with Crippen molar-refractivity contribution in [3.05, 3.63) is 41.1 Å². The summed E-state index contributed by atoms with van der Waals surface area (Å²) in [5.74, 6) is -1.28. The van der Waals surface area contributed by atoms with Crippen molar-refractivity contribution in [1.82, 2.24) is 5.32 Å². The molecule has 1 aromatic rings. The molecule has 1 aromatic carbocycles. The molecule has 0 atom stereocenters. The maximum atomic E-state index is 12.1. The van der Waals surface area contributed by atoms with E-state index in [4.69, 9.17) is 0 Å². The molecule has 0 aliphatic carbocycles. The van der Waals surface area contributed by atoms with E-state index in [9.17, 15) is 14.4 Å². The molecule has 1 saturated heterocycles. The molecule has 1 N–H and O–H groups in total. The summed E-state index contributed by atoms with van der Waals surface area (Å²) in [4.78, 5) is 36.1. The Morgan fingerprint density at radius 3 is 2.55 bits per heavy atom. The van der Waals surface area contributed by atoms with Gasteiger partial charge in [-0.1, -0.05) is 6.07 Å². The van der Waals surface area contributed by atoms with Crippen molar-refractivity contribution >= 4 is 23.6 Å². The third-order valence-electron chi connectivity index (χ3n) is 3.09. The smallest absolute Gasteiger partial charge is 0.333 e. The SMILES string of the molecule is COC(=O)C=C1NC(=O)N(c2ccc(C)c(C)c2)C1=O. The van der Waals surface area contributed by atoms with Crippen LogP contribution in [0, 0.1) is 13.8 Å². The maximum absolute atomic E-state index is 12.1. The number of nitrogens with zero attached hydrogens (tertiary/aromatic N) is 1. The van der Waals surface area contributed by atoms with Gasteiger partial charge < -0.3 is 10.1 Å². The number of benzene rings is 1. The van der Waals surface area contributed by atoms with Crippen molar-refractivity contribution in [2.45, 2.75) is 13.8 Å². The molecule has 1 aliphatic rings. The molecule has 6 heteroatoms. The first-order valence-corrected chi connectivity index (χ1v) is 5.96. The number of carbonyl (C=O) groups excluding carboxylic acids is 3. The molecule has 0 radical (unpaired) electrons. The average molecular weight is 274 g/mol. The van der Waals surface area contributed by atoms with Crippen LogP contribution in [0.3, 0.4) is 0 Å². The van der Waals surface area contributed by atoms with Crippen LogP contribution in [0.1, 0.15) is 11.1 Å². The van der Waals surface area contributed by atoms with Crippen LogP contribution < -0.4 is 10.2 Å². The lowest BCUT2D eigenvalue weighted by atomic mass is 10.1. The molecular formula is C14H14N2O4. The molecule has 6 nitrogen and oxygen atoms in total. The van der Waals surface area contributed by atoms with Gasteiger partial charge in [-0.15, -0.1) is 0 Å². The van der Waals surface area contributed by atoms with Gasteiger partial charge in [-0.05, 0) is 37.1 Å². The van der Waals surface area contributed by atoms with Crippen LogP contribution in [-0.2, 0) is 14.3 Å². The highest BCUT2D eigenvalue weighted by atomic mass is 16.5. The lowest BCUT2D eigenvalue weighted by molar-refractivity contribution is -0.135. The summed E-state index contributed by atoms with van der Waals surface area (Å²) in [7, 11) is 1.20. The number of ether oxygens (including phenoxy) is 1. The Hall–Kier alpha value is -2.63. The quantitative estimate of drug-likeness (QED) is 0.502. The molecule has 0 aromatic heterocycles. The second kappa shape index (κ2) is 5.16. The Labute approximate surface area is 116 Å². The van der Waals surface area contributed by atoms with Crippen LogP contribution in [0.2, 0.25) is 0 Å². The van der Waals surface area contributed by atoms with E-state index in [-0.39, 0.29) is 5.70 Å². The van der Waals surface area contributed by atoms with Gasteiger partial charge in [-0.25, -0.2) is 14.5 Å². The van der Waals surface area contributed by atoms with E-state index in [2.05, 4.69) is 10.1 Å². The molecule has 104 valence electrons. The summed E-state index contributed by atoms with van der Waals surface area (Å²) < 4.78 is 4.43. The number of hydrogen-bond acceptors (Lipinski definition) is 4. The van der Waals surface area contributed by atoms with Gasteiger partial charge in [0.2, 0.25) is 0 Å². The van der Waals surface area contributed by atoms with E-state index in [0.29, 0.717) is 5.69 Å². The van der Waals surface area contributed by atoms with Crippen LogP contribution in [0.5, 0.6) is 0 Å². The summed E-state index contributed by atoms with van der Waals surface area (Å²) >= 11 is 0. The monoisotopic (exact) mass is 274 g/mol. The van der Waals surface area contributed by atoms with Crippen molar-refractivity contribution in [2.75, 3.05) is 12.0 Å². The summed E-state index contributed by atoms with van der Waals surface area (Å²) in [5, 5.41) is 2.35. The minimum absolute atomic E-state index is 0.0971. The van der Waals surface area contributed by atoms with E-state index in [1.165, 1.54) is 7.11 Å². The number of anilines is 1. The van der Waals surface area contributed by atoms with E-state index >= 15 is 0 Å². The van der Waals surface area contributed by atoms with Crippen molar-refractivity contribution in [3.63, 3.8) is 0 Å². The largest absolute Gasteiger partial charge is 0.466 e. The highest BCUT2D eigenvalue weighted by Crippen LogP contribution is 2.23. The third kappa shape index (κ3) is 2.40. The molecule has 0 saturated carbocycles. The van der Waals surface area contributed by atoms with Crippen LogP contribution in [0.15, 0.2) is 30.0 Å². The van der Waals surface area contributed by atoms with Crippen molar-refractivity contribution in [2.24, 2.45) is 0 Å². The fourth-order valence-electron chi connectivity index (χ4n) is 1.81. The number of nitrogens with one attached hydrogen (secondary N) is 1. The number of esters is 1. The molecule has 0 unspecified atom stereocenters. The van der Waals surface area contributed by atoms with E-state index in [1.807, 2.05) is 19.9 Å². The highest BCUT2D eigenvalue weighted by Gasteiger charge is 2.35. The molecule has 1 heterocycles. The first-order chi connectivity index (χ1) is 9.43. The second-order valence-electron chi connectivity index (χ2n) is 4.42. The maximum Gasteiger partial charge on any atom is 0.333 e. The Morgan fingerprint density at radius 1 is 1.25 bits per heavy atom. The Balaban J connectivity index is 2.36. The molecule has 1 fully saturated rings. The van der Waals surface area contributed by atoms with Gasteiger partial charge >= 0.3 is 12.0 Å². The van der Waals surface area contributed by atoms with Crippen molar-refractivity contribution in [1.29, 1.82) is 0 Å². The number of hydrogen-bond donors (Lipinski definition) is 1. The minimum Gasteiger partial charge on any atom is -0.466 e. The molecule has 3 amide bonds. The standard InChI is InChI=1S/C14H14N2O4/c1-8-4-5-10(6-9(8)2)16-13(18)11(15-14(16)19)7-12(17)20-3/h4-7H,1-3H3,(H,15,19). The first-order valence-electron chi connectivity index (χ1n) is 5.96. The van der Waals surface area contributed by atoms with E-state index < -0.39 is 17.9 Å². The third-order valence-corrected chi connectivity index (χ3v) is 3.09. The summed E-state index contributed by atoms with van der Waals surface area (Å²) in [6, 6.07) is 4.66. The number of amides is 3. The van der Waals surface area contributed by atoms with Crippen LogP contribution >= 0.6 is 0 Å². The summed E-state index contributed by atoms with van der Waals surface area (Å²) in [6.45, 7) is 3.83. The van der Waals surface area contributed by atoms with Crippen molar-refractivity contribution < 1.29 is 19.1 Å². The number of urea groups is 1. The van der Waals surface area contributed by atoms with Gasteiger partial charge in [0.1, 0.15) is 5.70 Å². The minimum atomic E-state index is -0.699. The Bertz CT molecular complexity index is 634. The van der Waals surface area contributed by atoms with Gasteiger partial charge in [0.25, 0.3) is 5.91 Å². The topological polar surface area (TPSA) is 75.7 Å². The van der Waals surface area contributed by atoms with Crippen LogP contribution in [0.25, 0.3) is 0 Å². The van der Waals surface area contributed by atoms with Gasteiger partial charge in [0.15, 0.2) is 0 Å². The summed E-state index contributed by atoms with van der Waals surface area (Å²) in [6.07, 6.45) is 0.960. The van der Waals surface area contributed by atoms with Gasteiger partial charge in [-0.2, -0.15) is 0 Å². The number of carbonyl (C=O) groups is 3. The normalized spacial score (nSPS) is 16.6. The molecule has 0 bridgehead atoms. The second-order valence-corrected chi connectivity index (χ2v) is 4.42. The van der Waals surface area contributed by atoms with E-state index in [0.717, 1.165) is 22.1 Å². The first kappa shape index (κ1) is 13.8. The zero-order chi connectivity index (χ0) is 14.9. The number of imide groups is 1. The number of rotatable bonds is 2. The van der Waals surface area contributed by atoms with E-state index in [1.54, 1.807) is 12.1 Å². The zero-order valence-electron chi connectivity index (χ0n) is 11.4. The molecular weight excluding hydrogens is 260 g/mol. The van der Waals surface area contributed by atoms with Crippen LogP contribution in [0.4, 0.5) is 10.5 Å². The van der Waals surface area contributed by atoms with Gasteiger partial charge in [-0.3, -0.25) is 4.79 Å². The molecule has 1 aliphatic heterocycles. The Kier molecular flexibility index (Phi) is 3.56. The zero-order valence-corrected chi connectivity index (χ0v) is 11.4. The molecule has 0 spiro atoms. The lowest BCUT2D eigenvalue weighted by Gasteiger charge is -2.13. The lowest BCUT2D eigenvalue weighted by Crippen LogP contribution is -2.30. The predicted octanol–water partition coefficient (Wildman–Crippen LogP) is 1.42. The Morgan fingerprint density at radius 2 is 1.95 bits per heavy atom. The molecule has 2 rings (SSSR count). The van der Waals surface area contributed by atoms with Crippen molar-refractivity contribution in [3.8, 4) is 0 Å². The highest BCUT2D eigenvalue weighted by molar-refractivity contribution is 6.27. The summed E-state index contributed by atoms with van der Waals surface area (Å²) in [5.41, 5.74) is 2.39. The van der Waals surface area contributed by atoms with Gasteiger partial charge in [0.05, 0.1) is 18.9 Å². The fraction of sp³-hybridized carbons (Fsp3) is 0.214. The predicted molar refractivity (Wildman–Crippen MR) is 72.0 cm³/mol. The average Bonchev–Trinajstić information content (AvgIpc) is 2.68. The van der Waals surface area contributed by atoms with Gasteiger partial charge in [0, 0.05) is 0 Å². The fourth-order valence-corrected chi connectivity index (χ4v) is 1.81. The number of methoxy groups -OCH3 is 1. The molecule has 20 heavy (non-hydrogen) atoms. The number of aryl methyl sites for hydroxylation is 2. The van der Waals surface area contributed by atoms with Crippen LogP contribution in [-0.4, -0.2) is 25.0 Å².